The summed E-state index contributed by atoms with van der Waals surface area (Å²) in [7, 11) is 0. The predicted molar refractivity (Wildman–Crippen MR) is 91.9 cm³/mol. The van der Waals surface area contributed by atoms with Gasteiger partial charge in [0.15, 0.2) is 0 Å². The number of aliphatic imine (C=N–C) groups is 1. The molecule has 1 N–H and O–H groups in total. The average Bonchev–Trinajstić information content (AvgIpc) is 2.57. The third kappa shape index (κ3) is 6.58. The van der Waals surface area contributed by atoms with Crippen LogP contribution in [0.1, 0.15) is 17.8 Å². The molecule has 24 heavy (non-hydrogen) atoms. The first-order valence-corrected chi connectivity index (χ1v) is 12.7. The van der Waals surface area contributed by atoms with Crippen LogP contribution in [0.25, 0.3) is 6.20 Å². The molecule has 0 saturated heterocycles. The third-order valence-corrected chi connectivity index (χ3v) is 8.51. The van der Waals surface area contributed by atoms with Gasteiger partial charge in [-0.1, -0.05) is 0 Å². The van der Waals surface area contributed by atoms with Crippen molar-refractivity contribution in [2.75, 3.05) is 13.1 Å². The van der Waals surface area contributed by atoms with E-state index in [4.69, 9.17) is 0 Å². The van der Waals surface area contributed by atoms with E-state index in [2.05, 4.69) is 51.3 Å². The molecular weight excluding hydrogens is 832 g/mol. The van der Waals surface area contributed by atoms with Gasteiger partial charge >= 0.3 is 181 Å². The van der Waals surface area contributed by atoms with E-state index in [-0.39, 0.29) is 0 Å². The number of aromatic nitrogens is 2. The van der Waals surface area contributed by atoms with E-state index in [1.807, 2.05) is 12.5 Å². The first-order valence-electron chi connectivity index (χ1n) is 7.39. The van der Waals surface area contributed by atoms with Crippen LogP contribution in [-0.2, 0) is 58.1 Å². The quantitative estimate of drug-likeness (QED) is 0.353. The standard InChI is InChI=1S/C16H18N4S.3W/c1-14-11-20(12-15(2)19-14)8-3-9-21-13-18-10-16-4-6-17-7-5-16;;;/h3-4,8,11,13,17H,5-7H2,1-2H3;;;. The van der Waals surface area contributed by atoms with Crippen LogP contribution in [0.5, 0.6) is 0 Å². The molecule has 126 valence electrons. The van der Waals surface area contributed by atoms with Gasteiger partial charge in [0, 0.05) is 0 Å². The van der Waals surface area contributed by atoms with E-state index in [0.717, 1.165) is 30.9 Å². The fraction of sp³-hybridized carbons (Fsp3) is 0.312. The maximum atomic E-state index is 4.63. The third-order valence-electron chi connectivity index (χ3n) is 3.26. The van der Waals surface area contributed by atoms with Crippen LogP contribution in [0, 0.1) is 17.5 Å². The molecule has 0 saturated carbocycles. The second-order valence-electron chi connectivity index (χ2n) is 5.16. The summed E-state index contributed by atoms with van der Waals surface area (Å²) in [5.41, 5.74) is 5.53. The number of thioether (sulfide) groups is 1. The van der Waals surface area contributed by atoms with Gasteiger partial charge in [-0.05, 0) is 0 Å². The molecule has 2 rings (SSSR count). The summed E-state index contributed by atoms with van der Waals surface area (Å²) in [5, 5.41) is 3.34. The van der Waals surface area contributed by atoms with Gasteiger partial charge < -0.3 is 0 Å². The summed E-state index contributed by atoms with van der Waals surface area (Å²) in [6.45, 7) is 6.13. The number of hydrogen-bond donors (Lipinski definition) is 1. The van der Waals surface area contributed by atoms with E-state index < -0.39 is 0 Å². The average molecular weight is 850 g/mol. The van der Waals surface area contributed by atoms with Crippen LogP contribution >= 0.6 is 11.8 Å². The predicted octanol–water partition coefficient (Wildman–Crippen LogP) is 2.08. The van der Waals surface area contributed by atoms with Crippen molar-refractivity contribution in [2.45, 2.75) is 20.3 Å². The molecule has 0 radical (unpaired) electrons. The van der Waals surface area contributed by atoms with E-state index in [1.54, 1.807) is 11.8 Å². The van der Waals surface area contributed by atoms with Crippen LogP contribution in [-0.4, -0.2) is 35.4 Å². The summed E-state index contributed by atoms with van der Waals surface area (Å²) in [5.74, 6) is 0. The molecule has 1 aliphatic heterocycles. The molecule has 2 heterocycles. The SMILES string of the molecule is Cc1cn(C=C[C](=[W])SC=N[C](=[W])C2=CCNCC2)[c](=[W])c(C)n1. The van der Waals surface area contributed by atoms with Gasteiger partial charge in [-0.2, -0.15) is 0 Å². The fourth-order valence-electron chi connectivity index (χ4n) is 2.11. The van der Waals surface area contributed by atoms with Gasteiger partial charge in [0.2, 0.25) is 0 Å². The molecule has 0 bridgehead atoms. The molecule has 1 aliphatic rings. The Bertz CT molecular complexity index is 793. The summed E-state index contributed by atoms with van der Waals surface area (Å²) < 4.78 is 5.94. The van der Waals surface area contributed by atoms with Crippen molar-refractivity contribution in [1.29, 1.82) is 0 Å². The Morgan fingerprint density at radius 3 is 2.92 bits per heavy atom. The van der Waals surface area contributed by atoms with E-state index in [1.165, 1.54) is 74.6 Å². The van der Waals surface area contributed by atoms with E-state index in [0.29, 0.717) is 0 Å². The number of rotatable bonds is 6. The van der Waals surface area contributed by atoms with Gasteiger partial charge in [0.25, 0.3) is 0 Å². The van der Waals surface area contributed by atoms with Crippen LogP contribution < -0.4 is 5.32 Å². The zero-order valence-corrected chi connectivity index (χ0v) is 23.1. The maximum absolute atomic E-state index is 4.63. The van der Waals surface area contributed by atoms with Gasteiger partial charge in [0.05, 0.1) is 0 Å². The normalized spacial score (nSPS) is 15.0. The molecular formula is C16H18N4SW3. The Morgan fingerprint density at radius 2 is 2.21 bits per heavy atom. The minimum absolute atomic E-state index is 0.968. The van der Waals surface area contributed by atoms with Crippen molar-refractivity contribution >= 4 is 30.8 Å². The number of nitrogens with zero attached hydrogens (tertiary/aromatic N) is 3. The molecule has 4 nitrogen and oxygen atoms in total. The Balaban J connectivity index is 1.94. The zero-order chi connectivity index (χ0) is 17.5. The zero-order valence-electron chi connectivity index (χ0n) is 13.5. The van der Waals surface area contributed by atoms with Crippen molar-refractivity contribution in [1.82, 2.24) is 14.9 Å². The molecule has 1 aromatic rings. The second kappa shape index (κ2) is 10.5. The molecule has 0 atom stereocenters. The Hall–Kier alpha value is 0.345. The molecule has 0 amide bonds. The Kier molecular flexibility index (Phi) is 9.02. The van der Waals surface area contributed by atoms with Crippen LogP contribution in [0.2, 0.25) is 0 Å². The summed E-state index contributed by atoms with van der Waals surface area (Å²) in [4.78, 5) is 9.13. The summed E-state index contributed by atoms with van der Waals surface area (Å²) >= 11 is 6.03. The van der Waals surface area contributed by atoms with Crippen molar-refractivity contribution in [3.8, 4) is 0 Å². The molecule has 8 heteroatoms. The van der Waals surface area contributed by atoms with Gasteiger partial charge in [0.1, 0.15) is 0 Å². The van der Waals surface area contributed by atoms with Crippen molar-refractivity contribution in [2.24, 2.45) is 4.99 Å². The first-order chi connectivity index (χ1) is 11.5. The number of aryl methyl sites for hydroxylation is 2. The topological polar surface area (TPSA) is 42.2 Å². The van der Waals surface area contributed by atoms with Gasteiger partial charge in [-0.15, -0.1) is 0 Å². The molecule has 0 unspecified atom stereocenters. The molecule has 0 spiro atoms. The molecule has 1 aromatic heterocycles. The van der Waals surface area contributed by atoms with Crippen molar-refractivity contribution < 1.29 is 58.1 Å². The monoisotopic (exact) mass is 850 g/mol. The van der Waals surface area contributed by atoms with Gasteiger partial charge in [-0.25, -0.2) is 0 Å². The summed E-state index contributed by atoms with van der Waals surface area (Å²) in [6, 6.07) is 0. The van der Waals surface area contributed by atoms with Crippen molar-refractivity contribution in [3.63, 3.8) is 0 Å². The molecule has 0 fully saturated rings. The number of hydrogen-bond acceptors (Lipinski definition) is 4. The van der Waals surface area contributed by atoms with Crippen molar-refractivity contribution in [3.05, 3.63) is 39.0 Å². The Morgan fingerprint density at radius 1 is 1.42 bits per heavy atom. The van der Waals surface area contributed by atoms with Crippen LogP contribution in [0.4, 0.5) is 0 Å². The molecule has 0 aliphatic carbocycles. The Labute approximate surface area is 179 Å². The van der Waals surface area contributed by atoms with E-state index >= 15 is 0 Å². The van der Waals surface area contributed by atoms with Crippen LogP contribution in [0.15, 0.2) is 28.9 Å². The second-order valence-corrected chi connectivity index (χ2v) is 11.4. The van der Waals surface area contributed by atoms with Crippen LogP contribution in [0.3, 0.4) is 0 Å². The fourth-order valence-corrected chi connectivity index (χ4v) is 4.88. The first kappa shape index (κ1) is 20.7. The van der Waals surface area contributed by atoms with E-state index in [9.17, 15) is 0 Å². The summed E-state index contributed by atoms with van der Waals surface area (Å²) in [6.07, 6.45) is 9.73. The minimum atomic E-state index is 0.968. The number of nitrogens with one attached hydrogen (secondary N) is 1. The van der Waals surface area contributed by atoms with Gasteiger partial charge in [-0.3, -0.25) is 0 Å². The molecule has 0 aromatic carbocycles.